The van der Waals surface area contributed by atoms with Crippen LogP contribution in [-0.4, -0.2) is 71.5 Å². The number of hydrogen-bond acceptors (Lipinski definition) is 10. The summed E-state index contributed by atoms with van der Waals surface area (Å²) in [7, 11) is 0. The van der Waals surface area contributed by atoms with E-state index < -0.39 is 78.4 Å². The van der Waals surface area contributed by atoms with Crippen molar-refractivity contribution in [2.24, 2.45) is 17.3 Å². The Morgan fingerprint density at radius 2 is 1.25 bits per heavy atom. The van der Waals surface area contributed by atoms with Crippen molar-refractivity contribution in [3.63, 3.8) is 0 Å². The van der Waals surface area contributed by atoms with Gasteiger partial charge in [-0.15, -0.1) is 0 Å². The van der Waals surface area contributed by atoms with Crippen LogP contribution < -0.4 is 5.32 Å². The number of carboxylic acid groups (broad SMARTS) is 2. The summed E-state index contributed by atoms with van der Waals surface area (Å²) in [6.07, 6.45) is 15.4. The number of alkyl carbamates (subject to hydrolysis) is 1. The summed E-state index contributed by atoms with van der Waals surface area (Å²) < 4.78 is 21.4. The van der Waals surface area contributed by atoms with E-state index in [4.69, 9.17) is 18.9 Å². The first-order valence-electron chi connectivity index (χ1n) is 20.6. The topological polar surface area (TPSA) is 192 Å². The van der Waals surface area contributed by atoms with Crippen LogP contribution >= 0.6 is 0 Å². The number of rotatable bonds is 32. The molecule has 0 radical (unpaired) electrons. The predicted molar refractivity (Wildman–Crippen MR) is 212 cm³/mol. The molecular formula is C43H69NO12. The molecule has 3 atom stereocenters. The molecule has 0 aliphatic rings. The van der Waals surface area contributed by atoms with Gasteiger partial charge in [-0.3, -0.25) is 19.2 Å². The highest BCUT2D eigenvalue weighted by molar-refractivity contribution is 5.94. The summed E-state index contributed by atoms with van der Waals surface area (Å²) in [5.74, 6) is -7.68. The number of carbonyl (C=O) groups is 6. The largest absolute Gasteiger partial charge is 0.481 e. The van der Waals surface area contributed by atoms with E-state index in [1.165, 1.54) is 84.5 Å². The van der Waals surface area contributed by atoms with Crippen LogP contribution in [0, 0.1) is 17.3 Å². The minimum Gasteiger partial charge on any atom is -0.481 e. The van der Waals surface area contributed by atoms with E-state index in [1.54, 1.807) is 38.1 Å². The molecule has 318 valence electrons. The molecule has 1 rings (SSSR count). The van der Waals surface area contributed by atoms with Crippen LogP contribution in [0.15, 0.2) is 30.3 Å². The number of esters is 3. The van der Waals surface area contributed by atoms with E-state index in [9.17, 15) is 39.0 Å². The van der Waals surface area contributed by atoms with Gasteiger partial charge >= 0.3 is 35.9 Å². The molecule has 3 N–H and O–H groups in total. The molecule has 0 saturated carbocycles. The Kier molecular flexibility index (Phi) is 25.9. The maximum Gasteiger partial charge on any atom is 0.408 e. The van der Waals surface area contributed by atoms with Crippen molar-refractivity contribution in [2.45, 2.75) is 169 Å². The van der Waals surface area contributed by atoms with Gasteiger partial charge in [-0.1, -0.05) is 141 Å². The molecule has 1 aromatic carbocycles. The van der Waals surface area contributed by atoms with Crippen molar-refractivity contribution in [1.82, 2.24) is 5.32 Å². The van der Waals surface area contributed by atoms with Gasteiger partial charge in [-0.2, -0.15) is 0 Å². The first-order chi connectivity index (χ1) is 26.7. The van der Waals surface area contributed by atoms with Crippen molar-refractivity contribution in [3.8, 4) is 0 Å². The van der Waals surface area contributed by atoms with E-state index in [0.717, 1.165) is 24.8 Å². The lowest BCUT2D eigenvalue weighted by atomic mass is 9.95. The van der Waals surface area contributed by atoms with Gasteiger partial charge in [0.05, 0.1) is 12.0 Å². The quantitative estimate of drug-likeness (QED) is 0.0272. The summed E-state index contributed by atoms with van der Waals surface area (Å²) in [4.78, 5) is 75.0. The average molecular weight is 792 g/mol. The number of unbranched alkanes of at least 4 members (excludes halogenated alkanes) is 14. The van der Waals surface area contributed by atoms with Crippen LogP contribution in [0.2, 0.25) is 0 Å². The van der Waals surface area contributed by atoms with E-state index in [2.05, 4.69) is 12.2 Å². The van der Waals surface area contributed by atoms with E-state index in [0.29, 0.717) is 6.42 Å². The fourth-order valence-corrected chi connectivity index (χ4v) is 5.84. The number of carboxylic acids is 2. The zero-order valence-electron chi connectivity index (χ0n) is 34.5. The Morgan fingerprint density at radius 3 is 1.75 bits per heavy atom. The Balaban J connectivity index is 2.69. The smallest absolute Gasteiger partial charge is 0.408 e. The fraction of sp³-hybridized carbons (Fsp3) is 0.721. The van der Waals surface area contributed by atoms with Crippen molar-refractivity contribution in [2.75, 3.05) is 13.2 Å². The van der Waals surface area contributed by atoms with Gasteiger partial charge in [0, 0.05) is 19.3 Å². The molecule has 1 aromatic rings. The lowest BCUT2D eigenvalue weighted by Gasteiger charge is -2.26. The summed E-state index contributed by atoms with van der Waals surface area (Å²) in [6, 6.07) is 7.74. The second kappa shape index (κ2) is 29.1. The molecule has 0 heterocycles. The van der Waals surface area contributed by atoms with Crippen molar-refractivity contribution >= 4 is 35.9 Å². The van der Waals surface area contributed by atoms with Gasteiger partial charge in [0.15, 0.2) is 5.92 Å². The predicted octanol–water partition coefficient (Wildman–Crippen LogP) is 8.79. The SMILES string of the molecule is CCCCCCCCCCCCCCCCCC(=O)OCCC(CC(C(=O)O)C(=O)OCC(C)(C)C(=O)O)OC(=O)[C@@H](NC(=O)OCc1ccccc1)C(C)C. The Morgan fingerprint density at radius 1 is 0.714 bits per heavy atom. The van der Waals surface area contributed by atoms with Gasteiger partial charge in [0.25, 0.3) is 0 Å². The maximum atomic E-state index is 13.4. The van der Waals surface area contributed by atoms with E-state index in [-0.39, 0.29) is 26.1 Å². The minimum absolute atomic E-state index is 0.0407. The zero-order valence-corrected chi connectivity index (χ0v) is 34.5. The molecule has 0 bridgehead atoms. The number of ether oxygens (including phenoxy) is 4. The first kappa shape index (κ1) is 49.9. The van der Waals surface area contributed by atoms with E-state index in [1.807, 2.05) is 6.07 Å². The van der Waals surface area contributed by atoms with Crippen LogP contribution in [-0.2, 0) is 49.5 Å². The number of nitrogens with one attached hydrogen (secondary N) is 1. The van der Waals surface area contributed by atoms with Gasteiger partial charge in [0.1, 0.15) is 25.4 Å². The van der Waals surface area contributed by atoms with Gasteiger partial charge in [-0.25, -0.2) is 9.59 Å². The highest BCUT2D eigenvalue weighted by Gasteiger charge is 2.37. The second-order valence-corrected chi connectivity index (χ2v) is 15.6. The third-order valence-electron chi connectivity index (χ3n) is 9.61. The Labute approximate surface area is 333 Å². The van der Waals surface area contributed by atoms with Crippen LogP contribution in [0.3, 0.4) is 0 Å². The van der Waals surface area contributed by atoms with Crippen LogP contribution in [0.25, 0.3) is 0 Å². The lowest BCUT2D eigenvalue weighted by Crippen LogP contribution is -2.47. The zero-order chi connectivity index (χ0) is 41.8. The van der Waals surface area contributed by atoms with Gasteiger partial charge in [0.2, 0.25) is 0 Å². The highest BCUT2D eigenvalue weighted by Crippen LogP contribution is 2.21. The number of aliphatic carboxylic acids is 2. The Hall–Kier alpha value is -4.16. The average Bonchev–Trinajstić information content (AvgIpc) is 3.15. The van der Waals surface area contributed by atoms with Crippen molar-refractivity contribution in [3.05, 3.63) is 35.9 Å². The minimum atomic E-state index is -1.82. The highest BCUT2D eigenvalue weighted by atomic mass is 16.6. The maximum absolute atomic E-state index is 13.4. The monoisotopic (exact) mass is 791 g/mol. The third kappa shape index (κ3) is 23.0. The fourth-order valence-electron chi connectivity index (χ4n) is 5.84. The molecule has 0 aromatic heterocycles. The Bertz CT molecular complexity index is 1300. The van der Waals surface area contributed by atoms with Crippen molar-refractivity contribution in [1.29, 1.82) is 0 Å². The second-order valence-electron chi connectivity index (χ2n) is 15.6. The normalized spacial score (nSPS) is 13.0. The molecule has 0 aliphatic carbocycles. The number of hydrogen-bond donors (Lipinski definition) is 3. The van der Waals surface area contributed by atoms with Gasteiger partial charge in [-0.05, 0) is 31.7 Å². The van der Waals surface area contributed by atoms with Crippen molar-refractivity contribution < 1.29 is 57.9 Å². The summed E-state index contributed by atoms with van der Waals surface area (Å²) in [5.41, 5.74) is -0.740. The lowest BCUT2D eigenvalue weighted by molar-refractivity contribution is -0.169. The molecule has 0 aliphatic heterocycles. The summed E-state index contributed by atoms with van der Waals surface area (Å²) in [5, 5.41) is 21.7. The molecule has 0 saturated heterocycles. The standard InChI is InChI=1S/C43H69NO12/c1-6-7-8-9-10-11-12-13-14-15-16-17-18-19-23-26-36(45)53-28-27-34(29-35(38(46)47)39(48)55-31-43(4,5)41(50)51)56-40(49)37(32(2)3)44-42(52)54-30-33-24-21-20-22-25-33/h20-22,24-25,32,34-35,37H,6-19,23,26-31H2,1-5H3,(H,44,52)(H,46,47)(H,50,51)/t34?,35?,37-/m0/s1. The molecule has 56 heavy (non-hydrogen) atoms. The first-order valence-corrected chi connectivity index (χ1v) is 20.6. The van der Waals surface area contributed by atoms with Gasteiger partial charge < -0.3 is 34.5 Å². The molecule has 0 spiro atoms. The van der Waals surface area contributed by atoms with Crippen LogP contribution in [0.1, 0.15) is 156 Å². The molecular weight excluding hydrogens is 722 g/mol. The third-order valence-corrected chi connectivity index (χ3v) is 9.61. The summed E-state index contributed by atoms with van der Waals surface area (Å²) >= 11 is 0. The number of carbonyl (C=O) groups excluding carboxylic acids is 4. The molecule has 2 unspecified atom stereocenters. The molecule has 13 nitrogen and oxygen atoms in total. The molecule has 1 amide bonds. The number of amides is 1. The summed E-state index contributed by atoms with van der Waals surface area (Å²) in [6.45, 7) is 7.36. The molecule has 0 fully saturated rings. The van der Waals surface area contributed by atoms with Crippen LogP contribution in [0.5, 0.6) is 0 Å². The molecule has 13 heteroatoms. The van der Waals surface area contributed by atoms with Crippen LogP contribution in [0.4, 0.5) is 4.79 Å². The number of benzene rings is 1. The van der Waals surface area contributed by atoms with E-state index >= 15 is 0 Å².